The Balaban J connectivity index is 1.91. The van der Waals surface area contributed by atoms with E-state index in [1.54, 1.807) is 30.6 Å². The number of aliphatic carboxylic acids is 1. The fraction of sp³-hybridized carbons (Fsp3) is 0.250. The smallest absolute Gasteiger partial charge is 0.326 e. The Kier molecular flexibility index (Phi) is 3.92. The molecule has 0 aliphatic carbocycles. The highest BCUT2D eigenvalue weighted by atomic mass is 16.4. The van der Waals surface area contributed by atoms with Gasteiger partial charge >= 0.3 is 5.97 Å². The number of hydrogen-bond acceptors (Lipinski definition) is 4. The number of nitrogens with zero attached hydrogens (tertiary/aromatic N) is 2. The van der Waals surface area contributed by atoms with Crippen LogP contribution in [-0.2, 0) is 4.79 Å². The third kappa shape index (κ3) is 2.85. The lowest BCUT2D eigenvalue weighted by molar-refractivity contribution is -0.141. The number of nitrogens with one attached hydrogen (secondary N) is 1. The van der Waals surface area contributed by atoms with Crippen molar-refractivity contribution in [3.05, 3.63) is 52.6 Å². The Labute approximate surface area is 131 Å². The van der Waals surface area contributed by atoms with E-state index in [1.807, 2.05) is 0 Å². The SMILES string of the molecule is O=C(O)[C@H]1CCCN1C(=O)c1ccc(-c2ccncc2)[nH]c1=O. The number of aromatic amines is 1. The van der Waals surface area contributed by atoms with Gasteiger partial charge in [0.1, 0.15) is 11.6 Å². The van der Waals surface area contributed by atoms with Crippen molar-refractivity contribution in [2.45, 2.75) is 18.9 Å². The van der Waals surface area contributed by atoms with E-state index >= 15 is 0 Å². The van der Waals surface area contributed by atoms with Gasteiger partial charge < -0.3 is 15.0 Å². The lowest BCUT2D eigenvalue weighted by atomic mass is 10.1. The molecule has 7 nitrogen and oxygen atoms in total. The van der Waals surface area contributed by atoms with Crippen molar-refractivity contribution in [3.8, 4) is 11.3 Å². The van der Waals surface area contributed by atoms with Crippen molar-refractivity contribution in [2.75, 3.05) is 6.54 Å². The molecule has 1 amide bonds. The Hall–Kier alpha value is -2.96. The van der Waals surface area contributed by atoms with Crippen LogP contribution in [0.15, 0.2) is 41.5 Å². The normalized spacial score (nSPS) is 17.2. The van der Waals surface area contributed by atoms with Crippen molar-refractivity contribution < 1.29 is 14.7 Å². The Bertz CT molecular complexity index is 800. The summed E-state index contributed by atoms with van der Waals surface area (Å²) in [6, 6.07) is 5.70. The van der Waals surface area contributed by atoms with Crippen molar-refractivity contribution in [1.82, 2.24) is 14.9 Å². The number of hydrogen-bond donors (Lipinski definition) is 2. The maximum atomic E-state index is 12.5. The van der Waals surface area contributed by atoms with Gasteiger partial charge in [-0.25, -0.2) is 4.79 Å². The minimum absolute atomic E-state index is 0.0454. The summed E-state index contributed by atoms with van der Waals surface area (Å²) in [6.07, 6.45) is 4.24. The zero-order chi connectivity index (χ0) is 16.4. The molecule has 7 heteroatoms. The van der Waals surface area contributed by atoms with Gasteiger partial charge in [-0.3, -0.25) is 14.6 Å². The van der Waals surface area contributed by atoms with Crippen LogP contribution in [0.4, 0.5) is 0 Å². The van der Waals surface area contributed by atoms with Crippen LogP contribution in [0, 0.1) is 0 Å². The minimum atomic E-state index is -1.04. The summed E-state index contributed by atoms with van der Waals surface area (Å²) in [5.41, 5.74) is 0.780. The molecule has 2 aromatic rings. The number of carbonyl (C=O) groups is 2. The van der Waals surface area contributed by atoms with Gasteiger partial charge in [0.25, 0.3) is 11.5 Å². The second-order valence-corrected chi connectivity index (χ2v) is 5.35. The molecule has 1 aliphatic rings. The molecule has 0 unspecified atom stereocenters. The zero-order valence-corrected chi connectivity index (χ0v) is 12.2. The highest BCUT2D eigenvalue weighted by molar-refractivity contribution is 5.96. The number of H-pyrrole nitrogens is 1. The average molecular weight is 313 g/mol. The minimum Gasteiger partial charge on any atom is -0.480 e. The van der Waals surface area contributed by atoms with E-state index in [1.165, 1.54) is 11.0 Å². The van der Waals surface area contributed by atoms with Gasteiger partial charge in [0.15, 0.2) is 0 Å². The molecule has 1 saturated heterocycles. The largest absolute Gasteiger partial charge is 0.480 e. The van der Waals surface area contributed by atoms with Gasteiger partial charge in [0.05, 0.1) is 0 Å². The lowest BCUT2D eigenvalue weighted by Gasteiger charge is -2.21. The lowest BCUT2D eigenvalue weighted by Crippen LogP contribution is -2.42. The molecule has 0 radical (unpaired) electrons. The number of amides is 1. The molecule has 118 valence electrons. The topological polar surface area (TPSA) is 103 Å². The summed E-state index contributed by atoms with van der Waals surface area (Å²) in [4.78, 5) is 43.7. The quantitative estimate of drug-likeness (QED) is 0.884. The van der Waals surface area contributed by atoms with E-state index in [-0.39, 0.29) is 5.56 Å². The van der Waals surface area contributed by atoms with E-state index in [9.17, 15) is 14.4 Å². The number of pyridine rings is 2. The summed E-state index contributed by atoms with van der Waals surface area (Å²) in [7, 11) is 0. The fourth-order valence-electron chi connectivity index (χ4n) is 2.76. The number of likely N-dealkylation sites (tertiary alicyclic amines) is 1. The third-order valence-corrected chi connectivity index (χ3v) is 3.93. The predicted molar refractivity (Wildman–Crippen MR) is 82.0 cm³/mol. The Morgan fingerprint density at radius 2 is 1.96 bits per heavy atom. The maximum absolute atomic E-state index is 12.5. The van der Waals surface area contributed by atoms with Crippen LogP contribution in [0.5, 0.6) is 0 Å². The first-order valence-electron chi connectivity index (χ1n) is 7.25. The summed E-state index contributed by atoms with van der Waals surface area (Å²) in [6.45, 7) is 0.349. The van der Waals surface area contributed by atoms with E-state index < -0.39 is 23.5 Å². The highest BCUT2D eigenvalue weighted by Gasteiger charge is 2.35. The standard InChI is InChI=1S/C16H15N3O4/c20-14-11(15(21)19-9-1-2-13(19)16(22)23)3-4-12(18-14)10-5-7-17-8-6-10/h3-8,13H,1-2,9H2,(H,18,20)(H,22,23)/t13-/m1/s1. The van der Waals surface area contributed by atoms with Gasteiger partial charge in [0.2, 0.25) is 0 Å². The molecule has 2 aromatic heterocycles. The van der Waals surface area contributed by atoms with Gasteiger partial charge in [-0.1, -0.05) is 0 Å². The summed E-state index contributed by atoms with van der Waals surface area (Å²) in [5.74, 6) is -1.59. The van der Waals surface area contributed by atoms with Crippen LogP contribution >= 0.6 is 0 Å². The van der Waals surface area contributed by atoms with Crippen LogP contribution in [0.1, 0.15) is 23.2 Å². The summed E-state index contributed by atoms with van der Waals surface area (Å²) < 4.78 is 0. The molecule has 0 saturated carbocycles. The number of carboxylic acids is 1. The molecule has 0 bridgehead atoms. The number of carbonyl (C=O) groups excluding carboxylic acids is 1. The van der Waals surface area contributed by atoms with Crippen molar-refractivity contribution in [1.29, 1.82) is 0 Å². The van der Waals surface area contributed by atoms with Crippen molar-refractivity contribution >= 4 is 11.9 Å². The van der Waals surface area contributed by atoms with Crippen molar-refractivity contribution in [3.63, 3.8) is 0 Å². The van der Waals surface area contributed by atoms with Gasteiger partial charge in [-0.2, -0.15) is 0 Å². The van der Waals surface area contributed by atoms with Crippen LogP contribution in [-0.4, -0.2) is 44.4 Å². The molecule has 3 heterocycles. The van der Waals surface area contributed by atoms with Crippen LogP contribution in [0.2, 0.25) is 0 Å². The molecule has 1 atom stereocenters. The number of rotatable bonds is 3. The average Bonchev–Trinajstić information content (AvgIpc) is 3.05. The van der Waals surface area contributed by atoms with Gasteiger partial charge in [-0.15, -0.1) is 0 Å². The van der Waals surface area contributed by atoms with Crippen molar-refractivity contribution in [2.24, 2.45) is 0 Å². The molecule has 1 fully saturated rings. The molecular weight excluding hydrogens is 298 g/mol. The van der Waals surface area contributed by atoms with E-state index in [2.05, 4.69) is 9.97 Å². The monoisotopic (exact) mass is 313 g/mol. The van der Waals surface area contributed by atoms with Crippen LogP contribution in [0.3, 0.4) is 0 Å². The first-order valence-corrected chi connectivity index (χ1v) is 7.25. The first-order chi connectivity index (χ1) is 11.1. The predicted octanol–water partition coefficient (Wildman–Crippen LogP) is 1.13. The number of carboxylic acid groups (broad SMARTS) is 1. The van der Waals surface area contributed by atoms with E-state index in [4.69, 9.17) is 5.11 Å². The molecule has 1 aliphatic heterocycles. The first kappa shape index (κ1) is 15.0. The molecule has 3 rings (SSSR count). The molecule has 2 N–H and O–H groups in total. The highest BCUT2D eigenvalue weighted by Crippen LogP contribution is 2.20. The second kappa shape index (κ2) is 6.04. The fourth-order valence-corrected chi connectivity index (χ4v) is 2.76. The van der Waals surface area contributed by atoms with E-state index in [0.717, 1.165) is 5.56 Å². The zero-order valence-electron chi connectivity index (χ0n) is 12.2. The molecular formula is C16H15N3O4. The second-order valence-electron chi connectivity index (χ2n) is 5.35. The molecule has 23 heavy (non-hydrogen) atoms. The van der Waals surface area contributed by atoms with Crippen LogP contribution < -0.4 is 5.56 Å². The summed E-state index contributed by atoms with van der Waals surface area (Å²) in [5, 5.41) is 9.16. The maximum Gasteiger partial charge on any atom is 0.326 e. The van der Waals surface area contributed by atoms with Crippen LogP contribution in [0.25, 0.3) is 11.3 Å². The molecule has 0 spiro atoms. The number of aromatic nitrogens is 2. The molecule has 0 aromatic carbocycles. The Morgan fingerprint density at radius 1 is 1.22 bits per heavy atom. The van der Waals surface area contributed by atoms with Gasteiger partial charge in [0, 0.05) is 30.2 Å². The summed E-state index contributed by atoms with van der Waals surface area (Å²) >= 11 is 0. The van der Waals surface area contributed by atoms with Gasteiger partial charge in [-0.05, 0) is 37.1 Å². The Morgan fingerprint density at radius 3 is 2.61 bits per heavy atom. The third-order valence-electron chi connectivity index (χ3n) is 3.93. The van der Waals surface area contributed by atoms with E-state index in [0.29, 0.717) is 25.1 Å².